The zero-order chi connectivity index (χ0) is 11.0. The topological polar surface area (TPSA) is 53.8 Å². The third kappa shape index (κ3) is 2.54. The number of rotatable bonds is 1. The van der Waals surface area contributed by atoms with E-state index in [1.54, 1.807) is 12.3 Å². The van der Waals surface area contributed by atoms with Gasteiger partial charge < -0.3 is 0 Å². The van der Waals surface area contributed by atoms with Crippen LogP contribution in [0.25, 0.3) is 0 Å². The van der Waals surface area contributed by atoms with Gasteiger partial charge in [0.2, 0.25) is 0 Å². The molecular weight excluding hydrogens is 196 g/mol. The summed E-state index contributed by atoms with van der Waals surface area (Å²) < 4.78 is 18.9. The van der Waals surface area contributed by atoms with Crippen LogP contribution in [0.2, 0.25) is 0 Å². The summed E-state index contributed by atoms with van der Waals surface area (Å²) in [6, 6.07) is 3.66. The summed E-state index contributed by atoms with van der Waals surface area (Å²) in [6.45, 7) is 6.23. The zero-order valence-corrected chi connectivity index (χ0v) is 9.81. The summed E-state index contributed by atoms with van der Waals surface area (Å²) in [4.78, 5) is 3.96. The molecule has 0 saturated carbocycles. The van der Waals surface area contributed by atoms with Crippen molar-refractivity contribution in [3.8, 4) is 0 Å². The van der Waals surface area contributed by atoms with E-state index in [0.717, 1.165) is 5.56 Å². The van der Waals surface area contributed by atoms with Crippen molar-refractivity contribution >= 4 is 9.73 Å². The maximum absolute atomic E-state index is 11.5. The van der Waals surface area contributed by atoms with Gasteiger partial charge in [0.25, 0.3) is 0 Å². The fourth-order valence-corrected chi connectivity index (χ4v) is 1.70. The molecule has 1 aromatic heterocycles. The van der Waals surface area contributed by atoms with Gasteiger partial charge >= 0.3 is 0 Å². The molecule has 4 heteroatoms. The summed E-state index contributed by atoms with van der Waals surface area (Å²) in [5, 5.41) is 0.366. The molecule has 0 saturated heterocycles. The molecule has 0 radical (unpaired) electrons. The van der Waals surface area contributed by atoms with Crippen molar-refractivity contribution in [2.45, 2.75) is 31.2 Å². The maximum Gasteiger partial charge on any atom is 0.135 e. The van der Waals surface area contributed by atoms with Crippen LogP contribution < -0.4 is 0 Å². The Hall–Kier alpha value is -0.900. The van der Waals surface area contributed by atoms with Crippen molar-refractivity contribution in [3.63, 3.8) is 0 Å². The van der Waals surface area contributed by atoms with Crippen LogP contribution in [0.3, 0.4) is 0 Å². The largest absolute Gasteiger partial charge is 0.248 e. The standard InChI is InChI=1S/C10H16N2OS/c1-10(2,3)8-5-6-12-9(7-8)14(4,11)13/h5-7,11H,1-4H3/t14-/m0/s1. The van der Waals surface area contributed by atoms with Crippen LogP contribution in [0.5, 0.6) is 0 Å². The predicted octanol–water partition coefficient (Wildman–Crippen LogP) is 2.41. The minimum atomic E-state index is -2.70. The number of nitrogens with one attached hydrogen (secondary N) is 1. The van der Waals surface area contributed by atoms with Crippen LogP contribution >= 0.6 is 0 Å². The molecule has 0 spiro atoms. The third-order valence-corrected chi connectivity index (χ3v) is 3.02. The van der Waals surface area contributed by atoms with E-state index in [1.165, 1.54) is 6.26 Å². The summed E-state index contributed by atoms with van der Waals surface area (Å²) >= 11 is 0. The van der Waals surface area contributed by atoms with Gasteiger partial charge in [0.1, 0.15) is 5.03 Å². The highest BCUT2D eigenvalue weighted by atomic mass is 32.2. The van der Waals surface area contributed by atoms with Crippen molar-refractivity contribution in [3.05, 3.63) is 23.9 Å². The Labute approximate surface area is 85.5 Å². The first-order valence-electron chi connectivity index (χ1n) is 4.41. The van der Waals surface area contributed by atoms with Crippen molar-refractivity contribution in [1.82, 2.24) is 4.98 Å². The van der Waals surface area contributed by atoms with Crippen LogP contribution in [0.4, 0.5) is 0 Å². The van der Waals surface area contributed by atoms with Crippen molar-refractivity contribution in [2.24, 2.45) is 0 Å². The average Bonchev–Trinajstić information content (AvgIpc) is 2.01. The first-order chi connectivity index (χ1) is 6.21. The minimum absolute atomic E-state index is 0.00236. The second-order valence-corrected chi connectivity index (χ2v) is 6.58. The molecule has 14 heavy (non-hydrogen) atoms. The van der Waals surface area contributed by atoms with Gasteiger partial charge in [-0.25, -0.2) is 14.0 Å². The number of hydrogen-bond acceptors (Lipinski definition) is 3. The Balaban J connectivity index is 3.29. The monoisotopic (exact) mass is 212 g/mol. The SMILES string of the molecule is CC(C)(C)c1ccnc([S@@](C)(=N)=O)c1. The molecule has 1 atom stereocenters. The highest BCUT2D eigenvalue weighted by molar-refractivity contribution is 7.91. The van der Waals surface area contributed by atoms with Gasteiger partial charge in [0.05, 0.1) is 9.73 Å². The minimum Gasteiger partial charge on any atom is -0.248 e. The van der Waals surface area contributed by atoms with E-state index in [4.69, 9.17) is 4.78 Å². The van der Waals surface area contributed by atoms with Crippen molar-refractivity contribution < 1.29 is 4.21 Å². The van der Waals surface area contributed by atoms with E-state index < -0.39 is 9.73 Å². The van der Waals surface area contributed by atoms with E-state index in [2.05, 4.69) is 25.8 Å². The van der Waals surface area contributed by atoms with Crippen LogP contribution in [0.1, 0.15) is 26.3 Å². The van der Waals surface area contributed by atoms with E-state index in [9.17, 15) is 4.21 Å². The van der Waals surface area contributed by atoms with Crippen LogP contribution in [-0.4, -0.2) is 15.4 Å². The quantitative estimate of drug-likeness (QED) is 0.777. The smallest absolute Gasteiger partial charge is 0.135 e. The fourth-order valence-electron chi connectivity index (χ4n) is 1.09. The van der Waals surface area contributed by atoms with E-state index in [1.807, 2.05) is 6.07 Å². The molecule has 0 aliphatic rings. The van der Waals surface area contributed by atoms with Crippen LogP contribution in [0.15, 0.2) is 23.4 Å². The lowest BCUT2D eigenvalue weighted by atomic mass is 9.88. The van der Waals surface area contributed by atoms with Gasteiger partial charge in [0, 0.05) is 12.5 Å². The molecule has 1 aromatic rings. The van der Waals surface area contributed by atoms with Gasteiger partial charge in [-0.05, 0) is 23.1 Å². The molecule has 0 fully saturated rings. The fraction of sp³-hybridized carbons (Fsp3) is 0.500. The highest BCUT2D eigenvalue weighted by Gasteiger charge is 2.15. The number of pyridine rings is 1. The van der Waals surface area contributed by atoms with Gasteiger partial charge in [-0.3, -0.25) is 0 Å². The normalized spacial score (nSPS) is 16.3. The van der Waals surface area contributed by atoms with Gasteiger partial charge in [0.15, 0.2) is 0 Å². The molecule has 1 N–H and O–H groups in total. The summed E-state index contributed by atoms with van der Waals surface area (Å²) in [5.41, 5.74) is 1.06. The number of nitrogens with zero attached hydrogens (tertiary/aromatic N) is 1. The number of hydrogen-bond donors (Lipinski definition) is 1. The van der Waals surface area contributed by atoms with Crippen LogP contribution in [0, 0.1) is 4.78 Å². The van der Waals surface area contributed by atoms with E-state index >= 15 is 0 Å². The van der Waals surface area contributed by atoms with Gasteiger partial charge in [-0.1, -0.05) is 20.8 Å². The lowest BCUT2D eigenvalue weighted by Crippen LogP contribution is -2.12. The van der Waals surface area contributed by atoms with E-state index in [0.29, 0.717) is 5.03 Å². The van der Waals surface area contributed by atoms with E-state index in [-0.39, 0.29) is 5.41 Å². The summed E-state index contributed by atoms with van der Waals surface area (Å²) in [5.74, 6) is 0. The summed E-state index contributed by atoms with van der Waals surface area (Å²) in [6.07, 6.45) is 3.01. The predicted molar refractivity (Wildman–Crippen MR) is 58.0 cm³/mol. The first-order valence-corrected chi connectivity index (χ1v) is 6.38. The Morgan fingerprint density at radius 1 is 1.43 bits per heavy atom. The molecular formula is C10H16N2OS. The lowest BCUT2D eigenvalue weighted by molar-refractivity contribution is 0.586. The average molecular weight is 212 g/mol. The molecule has 3 nitrogen and oxygen atoms in total. The highest BCUT2D eigenvalue weighted by Crippen LogP contribution is 2.23. The van der Waals surface area contributed by atoms with Crippen LogP contribution in [-0.2, 0) is 15.1 Å². The zero-order valence-electron chi connectivity index (χ0n) is 9.00. The molecule has 0 aromatic carbocycles. The Bertz CT molecular complexity index is 430. The number of aromatic nitrogens is 1. The molecule has 78 valence electrons. The van der Waals surface area contributed by atoms with Gasteiger partial charge in [-0.15, -0.1) is 0 Å². The molecule has 0 aliphatic carbocycles. The molecule has 0 aliphatic heterocycles. The Morgan fingerprint density at radius 2 is 2.00 bits per heavy atom. The molecule has 0 amide bonds. The van der Waals surface area contributed by atoms with Crippen molar-refractivity contribution in [2.75, 3.05) is 6.26 Å². The molecule has 0 unspecified atom stereocenters. The van der Waals surface area contributed by atoms with Gasteiger partial charge in [-0.2, -0.15) is 0 Å². The summed E-state index contributed by atoms with van der Waals surface area (Å²) in [7, 11) is -2.70. The lowest BCUT2D eigenvalue weighted by Gasteiger charge is -2.19. The van der Waals surface area contributed by atoms with Crippen molar-refractivity contribution in [1.29, 1.82) is 4.78 Å². The maximum atomic E-state index is 11.5. The molecule has 0 bridgehead atoms. The first kappa shape index (κ1) is 11.2. The third-order valence-electron chi connectivity index (χ3n) is 2.00. The Morgan fingerprint density at radius 3 is 2.43 bits per heavy atom. The Kier molecular flexibility index (Phi) is 2.67. The molecule has 1 rings (SSSR count). The second-order valence-electron chi connectivity index (χ2n) is 4.48. The molecule has 1 heterocycles. The second kappa shape index (κ2) is 3.35.